The quantitative estimate of drug-likeness (QED) is 0.694. The van der Waals surface area contributed by atoms with Gasteiger partial charge >= 0.3 is 0 Å². The number of nitrogens with one attached hydrogen (secondary N) is 3. The molecule has 1 aromatic carbocycles. The molecule has 22 heavy (non-hydrogen) atoms. The number of fused-ring (bicyclic) bond motifs is 1. The van der Waals surface area contributed by atoms with Crippen molar-refractivity contribution in [1.29, 1.82) is 0 Å². The van der Waals surface area contributed by atoms with Gasteiger partial charge in [-0.3, -0.25) is 4.79 Å². The van der Waals surface area contributed by atoms with Crippen molar-refractivity contribution in [1.82, 2.24) is 15.0 Å². The van der Waals surface area contributed by atoms with Crippen LogP contribution >= 0.6 is 0 Å². The van der Waals surface area contributed by atoms with Gasteiger partial charge in [-0.2, -0.15) is 4.98 Å². The molecule has 2 aromatic heterocycles. The summed E-state index contributed by atoms with van der Waals surface area (Å²) in [6, 6.07) is 6.02. The molecule has 0 bridgehead atoms. The summed E-state index contributed by atoms with van der Waals surface area (Å²) in [4.78, 5) is 23.7. The molecule has 6 nitrogen and oxygen atoms in total. The summed E-state index contributed by atoms with van der Waals surface area (Å²) in [5, 5.41) is 5.61. The van der Waals surface area contributed by atoms with E-state index < -0.39 is 0 Å². The monoisotopic (exact) mass is 299 g/mol. The number of H-pyrrole nitrogens is 1. The average Bonchev–Trinajstić information content (AvgIpc) is 2.94. The Kier molecular flexibility index (Phi) is 3.46. The number of amides is 1. The number of pyridine rings is 1. The van der Waals surface area contributed by atoms with Crippen molar-refractivity contribution in [3.8, 4) is 0 Å². The molecule has 7 heteroatoms. The number of halogens is 1. The summed E-state index contributed by atoms with van der Waals surface area (Å²) in [6.45, 7) is 1.64. The fourth-order valence-corrected chi connectivity index (χ4v) is 2.14. The number of aromatic amines is 1. The number of hydrogen-bond acceptors (Lipinski definition) is 4. The standard InChI is InChI=1S/C15H14FN5O/c1-8-7-9(3-4-11(8)16)19-14(22)10-5-6-18-13-12(10)20-15(17-2)21-13/h3-7H,1-2H3,(H,19,22)(H2,17,18,20,21). The minimum Gasteiger partial charge on any atom is -0.359 e. The molecular weight excluding hydrogens is 285 g/mol. The molecule has 0 aliphatic rings. The molecule has 3 rings (SSSR count). The van der Waals surface area contributed by atoms with E-state index in [2.05, 4.69) is 25.6 Å². The van der Waals surface area contributed by atoms with Gasteiger partial charge in [0.1, 0.15) is 5.82 Å². The minimum atomic E-state index is -0.315. The lowest BCUT2D eigenvalue weighted by Crippen LogP contribution is -2.13. The van der Waals surface area contributed by atoms with Crippen LogP contribution in [0.5, 0.6) is 0 Å². The van der Waals surface area contributed by atoms with E-state index in [1.165, 1.54) is 18.3 Å². The largest absolute Gasteiger partial charge is 0.359 e. The summed E-state index contributed by atoms with van der Waals surface area (Å²) < 4.78 is 13.3. The molecule has 0 unspecified atom stereocenters. The summed E-state index contributed by atoms with van der Waals surface area (Å²) in [5.74, 6) is -0.0957. The Labute approximate surface area is 125 Å². The van der Waals surface area contributed by atoms with E-state index in [0.29, 0.717) is 33.9 Å². The maximum atomic E-state index is 13.3. The normalized spacial score (nSPS) is 10.7. The third-order valence-corrected chi connectivity index (χ3v) is 3.29. The fourth-order valence-electron chi connectivity index (χ4n) is 2.14. The third kappa shape index (κ3) is 2.48. The van der Waals surface area contributed by atoms with Crippen molar-refractivity contribution in [2.24, 2.45) is 0 Å². The molecule has 0 saturated carbocycles. The maximum Gasteiger partial charge on any atom is 0.257 e. The van der Waals surface area contributed by atoms with E-state index in [9.17, 15) is 9.18 Å². The van der Waals surface area contributed by atoms with Crippen LogP contribution in [0, 0.1) is 12.7 Å². The van der Waals surface area contributed by atoms with Gasteiger partial charge in [0, 0.05) is 18.9 Å². The van der Waals surface area contributed by atoms with E-state index >= 15 is 0 Å². The summed E-state index contributed by atoms with van der Waals surface area (Å²) in [5.41, 5.74) is 2.41. The van der Waals surface area contributed by atoms with Gasteiger partial charge in [-0.1, -0.05) is 0 Å². The van der Waals surface area contributed by atoms with Crippen molar-refractivity contribution in [2.45, 2.75) is 6.92 Å². The topological polar surface area (TPSA) is 82.7 Å². The Hall–Kier alpha value is -2.96. The molecule has 0 aliphatic heterocycles. The summed E-state index contributed by atoms with van der Waals surface area (Å²) in [7, 11) is 1.72. The van der Waals surface area contributed by atoms with Crippen LogP contribution in [0.4, 0.5) is 16.0 Å². The van der Waals surface area contributed by atoms with Gasteiger partial charge in [-0.15, -0.1) is 0 Å². The Morgan fingerprint density at radius 2 is 2.14 bits per heavy atom. The molecule has 0 atom stereocenters. The first-order valence-electron chi connectivity index (χ1n) is 6.68. The molecular formula is C15H14FN5O. The second-order valence-corrected chi connectivity index (χ2v) is 4.81. The molecule has 0 spiro atoms. The third-order valence-electron chi connectivity index (χ3n) is 3.29. The van der Waals surface area contributed by atoms with E-state index in [-0.39, 0.29) is 11.7 Å². The van der Waals surface area contributed by atoms with E-state index in [4.69, 9.17) is 0 Å². The summed E-state index contributed by atoms with van der Waals surface area (Å²) >= 11 is 0. The Morgan fingerprint density at radius 3 is 2.86 bits per heavy atom. The molecule has 3 aromatic rings. The number of benzene rings is 1. The maximum absolute atomic E-state index is 13.3. The first kappa shape index (κ1) is 14.0. The van der Waals surface area contributed by atoms with Crippen molar-refractivity contribution in [3.63, 3.8) is 0 Å². The van der Waals surface area contributed by atoms with Crippen LogP contribution in [-0.4, -0.2) is 27.9 Å². The molecule has 3 N–H and O–H groups in total. The fraction of sp³-hybridized carbons (Fsp3) is 0.133. The second-order valence-electron chi connectivity index (χ2n) is 4.81. The van der Waals surface area contributed by atoms with Gasteiger partial charge in [-0.25, -0.2) is 9.37 Å². The van der Waals surface area contributed by atoms with E-state index in [1.54, 1.807) is 26.1 Å². The highest BCUT2D eigenvalue weighted by molar-refractivity contribution is 6.11. The smallest absolute Gasteiger partial charge is 0.257 e. The molecule has 2 heterocycles. The van der Waals surface area contributed by atoms with Gasteiger partial charge in [0.05, 0.1) is 11.1 Å². The SMILES string of the molecule is CNc1nc2nccc(C(=O)Nc3ccc(F)c(C)c3)c2[nH]1. The zero-order valence-corrected chi connectivity index (χ0v) is 12.1. The van der Waals surface area contributed by atoms with E-state index in [0.717, 1.165) is 0 Å². The molecule has 0 radical (unpaired) electrons. The van der Waals surface area contributed by atoms with Crippen LogP contribution in [0.25, 0.3) is 11.2 Å². The van der Waals surface area contributed by atoms with Crippen LogP contribution in [0.15, 0.2) is 30.5 Å². The average molecular weight is 299 g/mol. The molecule has 0 aliphatic carbocycles. The van der Waals surface area contributed by atoms with E-state index in [1.807, 2.05) is 0 Å². The second kappa shape index (κ2) is 5.44. The predicted molar refractivity (Wildman–Crippen MR) is 82.5 cm³/mol. The van der Waals surface area contributed by atoms with Crippen LogP contribution < -0.4 is 10.6 Å². The number of aryl methyl sites for hydroxylation is 1. The Bertz CT molecular complexity index is 858. The highest BCUT2D eigenvalue weighted by Gasteiger charge is 2.14. The van der Waals surface area contributed by atoms with Gasteiger partial charge < -0.3 is 15.6 Å². The lowest BCUT2D eigenvalue weighted by atomic mass is 10.2. The first-order valence-corrected chi connectivity index (χ1v) is 6.68. The zero-order chi connectivity index (χ0) is 15.7. The van der Waals surface area contributed by atoms with Crippen molar-refractivity contribution >= 4 is 28.7 Å². The number of carbonyl (C=O) groups is 1. The molecule has 112 valence electrons. The van der Waals surface area contributed by atoms with Crippen molar-refractivity contribution in [2.75, 3.05) is 17.7 Å². The number of anilines is 2. The number of imidazole rings is 1. The number of carbonyl (C=O) groups excluding carboxylic acids is 1. The number of rotatable bonds is 3. The van der Waals surface area contributed by atoms with Crippen molar-refractivity contribution < 1.29 is 9.18 Å². The summed E-state index contributed by atoms with van der Waals surface area (Å²) in [6.07, 6.45) is 1.52. The van der Waals surface area contributed by atoms with Gasteiger partial charge in [-0.05, 0) is 36.8 Å². The van der Waals surface area contributed by atoms with Gasteiger partial charge in [0.2, 0.25) is 5.95 Å². The van der Waals surface area contributed by atoms with Crippen molar-refractivity contribution in [3.05, 3.63) is 47.4 Å². The lowest BCUT2D eigenvalue weighted by molar-refractivity contribution is 0.102. The van der Waals surface area contributed by atoms with Crippen LogP contribution in [-0.2, 0) is 0 Å². The lowest BCUT2D eigenvalue weighted by Gasteiger charge is -2.07. The Balaban J connectivity index is 1.94. The first-order chi connectivity index (χ1) is 10.6. The van der Waals surface area contributed by atoms with Gasteiger partial charge in [0.25, 0.3) is 5.91 Å². The highest BCUT2D eigenvalue weighted by atomic mass is 19.1. The van der Waals surface area contributed by atoms with Gasteiger partial charge in [0.15, 0.2) is 5.65 Å². The Morgan fingerprint density at radius 1 is 1.32 bits per heavy atom. The predicted octanol–water partition coefficient (Wildman–Crippen LogP) is 2.70. The zero-order valence-electron chi connectivity index (χ0n) is 12.1. The highest BCUT2D eigenvalue weighted by Crippen LogP contribution is 2.19. The molecule has 0 saturated heterocycles. The van der Waals surface area contributed by atoms with Crippen LogP contribution in [0.2, 0.25) is 0 Å². The molecule has 0 fully saturated rings. The molecule has 1 amide bonds. The number of hydrogen-bond donors (Lipinski definition) is 3. The minimum absolute atomic E-state index is 0.309. The number of nitrogens with zero attached hydrogens (tertiary/aromatic N) is 2. The van der Waals surface area contributed by atoms with Crippen LogP contribution in [0.1, 0.15) is 15.9 Å². The van der Waals surface area contributed by atoms with Crippen LogP contribution in [0.3, 0.4) is 0 Å². The number of aromatic nitrogens is 3.